The first kappa shape index (κ1) is 9.34. The summed E-state index contributed by atoms with van der Waals surface area (Å²) in [5.74, 6) is 0. The second kappa shape index (κ2) is 3.50. The highest BCUT2D eigenvalue weighted by Gasteiger charge is 2.06. The van der Waals surface area contributed by atoms with Crippen LogP contribution in [0.25, 0.3) is 10.4 Å². The largest absolute Gasteiger partial charge is 0.262 e. The average Bonchev–Trinajstić information content (AvgIpc) is 2.45. The molecule has 0 unspecified atom stereocenters. The Kier molecular flexibility index (Phi) is 2.33. The molecule has 0 bridgehead atoms. The summed E-state index contributed by atoms with van der Waals surface area (Å²) in [7, 11) is 0. The van der Waals surface area contributed by atoms with Crippen LogP contribution in [0.15, 0.2) is 18.3 Å². The molecule has 0 saturated carbocycles. The fourth-order valence-corrected chi connectivity index (χ4v) is 2.40. The summed E-state index contributed by atoms with van der Waals surface area (Å²) in [5.41, 5.74) is 3.38. The van der Waals surface area contributed by atoms with E-state index >= 15 is 0 Å². The highest BCUT2D eigenvalue weighted by molar-refractivity contribution is 7.15. The normalized spacial score (nSPS) is 10.5. The standard InChI is InChI=1S/C11H12N2S/c1-7-6-10(4-5-12-7)11-8(2)13-9(3)14-11/h4-6H,1-3H3. The van der Waals surface area contributed by atoms with E-state index in [9.17, 15) is 0 Å². The van der Waals surface area contributed by atoms with Crippen LogP contribution in [-0.2, 0) is 0 Å². The number of rotatable bonds is 1. The molecule has 0 aliphatic rings. The first-order valence-corrected chi connectivity index (χ1v) is 5.35. The number of pyridine rings is 1. The molecule has 0 radical (unpaired) electrons. The maximum atomic E-state index is 4.42. The highest BCUT2D eigenvalue weighted by atomic mass is 32.1. The van der Waals surface area contributed by atoms with Crippen molar-refractivity contribution in [3.8, 4) is 10.4 Å². The molecule has 0 spiro atoms. The Bertz CT molecular complexity index is 460. The molecule has 0 aliphatic heterocycles. The van der Waals surface area contributed by atoms with Gasteiger partial charge in [-0.15, -0.1) is 11.3 Å². The number of aromatic nitrogens is 2. The van der Waals surface area contributed by atoms with Crippen molar-refractivity contribution in [3.05, 3.63) is 34.7 Å². The number of hydrogen-bond donors (Lipinski definition) is 0. The molecule has 0 aliphatic carbocycles. The van der Waals surface area contributed by atoms with Gasteiger partial charge < -0.3 is 0 Å². The Morgan fingerprint density at radius 3 is 2.57 bits per heavy atom. The first-order valence-electron chi connectivity index (χ1n) is 4.54. The molecule has 0 amide bonds. The number of hydrogen-bond acceptors (Lipinski definition) is 3. The van der Waals surface area contributed by atoms with E-state index in [1.54, 1.807) is 11.3 Å². The molecule has 3 heteroatoms. The van der Waals surface area contributed by atoms with Gasteiger partial charge in [-0.1, -0.05) is 0 Å². The van der Waals surface area contributed by atoms with Crippen molar-refractivity contribution < 1.29 is 0 Å². The summed E-state index contributed by atoms with van der Waals surface area (Å²) in [6.45, 7) is 6.09. The van der Waals surface area contributed by atoms with Crippen LogP contribution in [0, 0.1) is 20.8 Å². The third kappa shape index (κ3) is 1.68. The summed E-state index contributed by atoms with van der Waals surface area (Å²) in [6.07, 6.45) is 1.85. The Morgan fingerprint density at radius 2 is 2.00 bits per heavy atom. The quantitative estimate of drug-likeness (QED) is 0.713. The lowest BCUT2D eigenvalue weighted by atomic mass is 10.2. The zero-order valence-electron chi connectivity index (χ0n) is 8.53. The average molecular weight is 204 g/mol. The van der Waals surface area contributed by atoms with Crippen molar-refractivity contribution >= 4 is 11.3 Å². The molecule has 0 saturated heterocycles. The maximum Gasteiger partial charge on any atom is 0.0903 e. The van der Waals surface area contributed by atoms with Crippen LogP contribution in [0.2, 0.25) is 0 Å². The predicted octanol–water partition coefficient (Wildman–Crippen LogP) is 3.13. The molecule has 0 N–H and O–H groups in total. The second-order valence-electron chi connectivity index (χ2n) is 3.33. The zero-order chi connectivity index (χ0) is 10.1. The Labute approximate surface area is 87.7 Å². The SMILES string of the molecule is Cc1cc(-c2sc(C)nc2C)ccn1. The second-order valence-corrected chi connectivity index (χ2v) is 4.54. The summed E-state index contributed by atoms with van der Waals surface area (Å²) in [4.78, 5) is 9.86. The van der Waals surface area contributed by atoms with Crippen molar-refractivity contribution in [1.82, 2.24) is 9.97 Å². The fraction of sp³-hybridized carbons (Fsp3) is 0.273. The molecule has 2 aromatic heterocycles. The molecular weight excluding hydrogens is 192 g/mol. The van der Waals surface area contributed by atoms with Gasteiger partial charge in [-0.25, -0.2) is 4.98 Å². The van der Waals surface area contributed by atoms with E-state index in [0.29, 0.717) is 0 Å². The maximum absolute atomic E-state index is 4.42. The van der Waals surface area contributed by atoms with Gasteiger partial charge in [0, 0.05) is 11.9 Å². The third-order valence-corrected chi connectivity index (χ3v) is 3.18. The summed E-state index contributed by atoms with van der Waals surface area (Å²) in [6, 6.07) is 4.13. The molecular formula is C11H12N2S. The zero-order valence-corrected chi connectivity index (χ0v) is 9.35. The highest BCUT2D eigenvalue weighted by Crippen LogP contribution is 2.29. The van der Waals surface area contributed by atoms with E-state index in [0.717, 1.165) is 16.4 Å². The molecule has 2 rings (SSSR count). The van der Waals surface area contributed by atoms with Crippen LogP contribution in [0.1, 0.15) is 16.4 Å². The summed E-state index contributed by atoms with van der Waals surface area (Å²) >= 11 is 1.74. The summed E-state index contributed by atoms with van der Waals surface area (Å²) < 4.78 is 0. The first-order chi connectivity index (χ1) is 6.66. The number of thiazole rings is 1. The van der Waals surface area contributed by atoms with E-state index in [-0.39, 0.29) is 0 Å². The monoisotopic (exact) mass is 204 g/mol. The number of aryl methyl sites for hydroxylation is 3. The molecule has 0 fully saturated rings. The van der Waals surface area contributed by atoms with E-state index < -0.39 is 0 Å². The molecule has 2 nitrogen and oxygen atoms in total. The van der Waals surface area contributed by atoms with Crippen molar-refractivity contribution in [3.63, 3.8) is 0 Å². The van der Waals surface area contributed by atoms with Gasteiger partial charge in [-0.05, 0) is 38.5 Å². The van der Waals surface area contributed by atoms with Crippen LogP contribution in [0.5, 0.6) is 0 Å². The lowest BCUT2D eigenvalue weighted by molar-refractivity contribution is 1.19. The van der Waals surface area contributed by atoms with E-state index in [4.69, 9.17) is 0 Å². The van der Waals surface area contributed by atoms with Gasteiger partial charge >= 0.3 is 0 Å². The lowest BCUT2D eigenvalue weighted by Crippen LogP contribution is -1.82. The van der Waals surface area contributed by atoms with Crippen molar-refractivity contribution in [2.45, 2.75) is 20.8 Å². The Morgan fingerprint density at radius 1 is 1.21 bits per heavy atom. The number of nitrogens with zero attached hydrogens (tertiary/aromatic N) is 2. The topological polar surface area (TPSA) is 25.8 Å². The lowest BCUT2D eigenvalue weighted by Gasteiger charge is -1.98. The smallest absolute Gasteiger partial charge is 0.0903 e. The van der Waals surface area contributed by atoms with Crippen LogP contribution >= 0.6 is 11.3 Å². The van der Waals surface area contributed by atoms with Gasteiger partial charge in [0.2, 0.25) is 0 Å². The minimum Gasteiger partial charge on any atom is -0.262 e. The van der Waals surface area contributed by atoms with Gasteiger partial charge in [-0.3, -0.25) is 4.98 Å². The fourth-order valence-electron chi connectivity index (χ4n) is 1.49. The third-order valence-electron chi connectivity index (χ3n) is 2.06. The van der Waals surface area contributed by atoms with Gasteiger partial charge in [0.05, 0.1) is 15.6 Å². The molecule has 2 heterocycles. The Balaban J connectivity index is 2.54. The predicted molar refractivity (Wildman–Crippen MR) is 59.6 cm³/mol. The molecule has 72 valence electrons. The van der Waals surface area contributed by atoms with Gasteiger partial charge in [-0.2, -0.15) is 0 Å². The molecule has 14 heavy (non-hydrogen) atoms. The van der Waals surface area contributed by atoms with E-state index in [1.165, 1.54) is 10.4 Å². The van der Waals surface area contributed by atoms with Crippen LogP contribution in [-0.4, -0.2) is 9.97 Å². The van der Waals surface area contributed by atoms with Gasteiger partial charge in [0.1, 0.15) is 0 Å². The van der Waals surface area contributed by atoms with Crippen LogP contribution < -0.4 is 0 Å². The Hall–Kier alpha value is -1.22. The molecule has 0 atom stereocenters. The molecule has 2 aromatic rings. The molecule has 0 aromatic carbocycles. The van der Waals surface area contributed by atoms with Crippen molar-refractivity contribution in [2.24, 2.45) is 0 Å². The van der Waals surface area contributed by atoms with Gasteiger partial charge in [0.15, 0.2) is 0 Å². The van der Waals surface area contributed by atoms with Crippen LogP contribution in [0.3, 0.4) is 0 Å². The minimum atomic E-state index is 1.05. The van der Waals surface area contributed by atoms with E-state index in [2.05, 4.69) is 23.0 Å². The van der Waals surface area contributed by atoms with Gasteiger partial charge in [0.25, 0.3) is 0 Å². The van der Waals surface area contributed by atoms with Crippen molar-refractivity contribution in [2.75, 3.05) is 0 Å². The summed E-state index contributed by atoms with van der Waals surface area (Å²) in [5, 5.41) is 1.12. The van der Waals surface area contributed by atoms with Crippen LogP contribution in [0.4, 0.5) is 0 Å². The van der Waals surface area contributed by atoms with E-state index in [1.807, 2.05) is 26.1 Å². The van der Waals surface area contributed by atoms with Crippen molar-refractivity contribution in [1.29, 1.82) is 0 Å². The minimum absolute atomic E-state index is 1.05.